The minimum atomic E-state index is -0.133. The lowest BCUT2D eigenvalue weighted by atomic mass is 9.88. The predicted molar refractivity (Wildman–Crippen MR) is 134 cm³/mol. The average molecular weight is 438 g/mol. The predicted octanol–water partition coefficient (Wildman–Crippen LogP) is 6.04. The lowest BCUT2D eigenvalue weighted by Gasteiger charge is -2.22. The third-order valence-corrected chi connectivity index (χ3v) is 6.34. The van der Waals surface area contributed by atoms with Crippen molar-refractivity contribution in [2.75, 3.05) is 6.61 Å². The van der Waals surface area contributed by atoms with Crippen LogP contribution < -0.4 is 10.3 Å². The minimum Gasteiger partial charge on any atom is -0.489 e. The van der Waals surface area contributed by atoms with E-state index < -0.39 is 0 Å². The highest BCUT2D eigenvalue weighted by molar-refractivity contribution is 6.02. The van der Waals surface area contributed by atoms with Crippen molar-refractivity contribution in [1.29, 1.82) is 0 Å². The summed E-state index contributed by atoms with van der Waals surface area (Å²) in [4.78, 5) is 18.4. The van der Waals surface area contributed by atoms with Crippen LogP contribution in [0.15, 0.2) is 83.2 Å². The first-order valence-corrected chi connectivity index (χ1v) is 11.6. The molecule has 33 heavy (non-hydrogen) atoms. The first-order valence-electron chi connectivity index (χ1n) is 11.6. The summed E-state index contributed by atoms with van der Waals surface area (Å²) in [6.07, 6.45) is 9.06. The zero-order valence-corrected chi connectivity index (χ0v) is 18.6. The molecular weight excluding hydrogens is 410 g/mol. The standard InChI is InChI=1S/C28H27N3O2/c1-2-18-33-26-17-16-20-10-6-7-13-22(20)24(26)19-29-31-27(21-11-4-3-5-12-21)30-25-15-9-8-14-23(25)28(31)32/h2,6-10,13-17,19,21H,1,3-5,11-12,18H2. The Balaban J connectivity index is 1.68. The van der Waals surface area contributed by atoms with Gasteiger partial charge in [0.2, 0.25) is 0 Å². The summed E-state index contributed by atoms with van der Waals surface area (Å²) in [5.74, 6) is 1.69. The van der Waals surface area contributed by atoms with Crippen molar-refractivity contribution in [3.63, 3.8) is 0 Å². The van der Waals surface area contributed by atoms with Crippen molar-refractivity contribution in [1.82, 2.24) is 9.66 Å². The van der Waals surface area contributed by atoms with E-state index in [4.69, 9.17) is 14.8 Å². The Morgan fingerprint density at radius 1 is 1.00 bits per heavy atom. The van der Waals surface area contributed by atoms with Gasteiger partial charge in [-0.2, -0.15) is 9.78 Å². The number of fused-ring (bicyclic) bond motifs is 2. The number of hydrogen-bond acceptors (Lipinski definition) is 4. The van der Waals surface area contributed by atoms with Crippen molar-refractivity contribution in [2.45, 2.75) is 38.0 Å². The van der Waals surface area contributed by atoms with Crippen LogP contribution >= 0.6 is 0 Å². The molecule has 5 rings (SSSR count). The number of benzene rings is 3. The number of para-hydroxylation sites is 1. The largest absolute Gasteiger partial charge is 0.489 e. The summed E-state index contributed by atoms with van der Waals surface area (Å²) in [6, 6.07) is 19.6. The molecular formula is C28H27N3O2. The van der Waals surface area contributed by atoms with Gasteiger partial charge >= 0.3 is 0 Å². The lowest BCUT2D eigenvalue weighted by Crippen LogP contribution is -2.25. The van der Waals surface area contributed by atoms with E-state index in [0.29, 0.717) is 17.7 Å². The van der Waals surface area contributed by atoms with Crippen LogP contribution in [0.1, 0.15) is 49.4 Å². The van der Waals surface area contributed by atoms with Gasteiger partial charge in [0.05, 0.1) is 17.1 Å². The zero-order valence-electron chi connectivity index (χ0n) is 18.6. The summed E-state index contributed by atoms with van der Waals surface area (Å²) in [6.45, 7) is 4.15. The molecule has 0 atom stereocenters. The van der Waals surface area contributed by atoms with Gasteiger partial charge in [-0.1, -0.05) is 74.4 Å². The molecule has 0 saturated heterocycles. The van der Waals surface area contributed by atoms with Crippen molar-refractivity contribution in [3.8, 4) is 5.75 Å². The normalized spacial score (nSPS) is 14.8. The molecule has 0 amide bonds. The molecule has 0 bridgehead atoms. The first-order chi connectivity index (χ1) is 16.3. The third-order valence-electron chi connectivity index (χ3n) is 6.34. The molecule has 0 spiro atoms. The average Bonchev–Trinajstić information content (AvgIpc) is 2.87. The van der Waals surface area contributed by atoms with Crippen LogP contribution in [0.25, 0.3) is 21.7 Å². The molecule has 0 aliphatic heterocycles. The number of rotatable bonds is 6. The van der Waals surface area contributed by atoms with Crippen molar-refractivity contribution in [2.24, 2.45) is 5.10 Å². The molecule has 5 heteroatoms. The number of nitrogens with zero attached hydrogens (tertiary/aromatic N) is 3. The van der Waals surface area contributed by atoms with Gasteiger partial charge in [0.15, 0.2) is 0 Å². The van der Waals surface area contributed by atoms with Gasteiger partial charge in [-0.25, -0.2) is 4.98 Å². The molecule has 166 valence electrons. The highest BCUT2D eigenvalue weighted by Gasteiger charge is 2.22. The monoisotopic (exact) mass is 437 g/mol. The van der Waals surface area contributed by atoms with Gasteiger partial charge in [-0.15, -0.1) is 0 Å². The summed E-state index contributed by atoms with van der Waals surface area (Å²) >= 11 is 0. The lowest BCUT2D eigenvalue weighted by molar-refractivity contribution is 0.363. The maximum atomic E-state index is 13.5. The third kappa shape index (κ3) is 4.19. The van der Waals surface area contributed by atoms with Gasteiger partial charge in [0.25, 0.3) is 5.56 Å². The van der Waals surface area contributed by atoms with Gasteiger partial charge in [-0.05, 0) is 41.8 Å². The van der Waals surface area contributed by atoms with E-state index in [2.05, 4.69) is 12.6 Å². The van der Waals surface area contributed by atoms with Gasteiger partial charge in [0, 0.05) is 11.5 Å². The van der Waals surface area contributed by atoms with Crippen LogP contribution in [0.5, 0.6) is 5.75 Å². The fraction of sp³-hybridized carbons (Fsp3) is 0.250. The second-order valence-electron chi connectivity index (χ2n) is 8.48. The highest BCUT2D eigenvalue weighted by Crippen LogP contribution is 2.32. The number of aromatic nitrogens is 2. The molecule has 1 heterocycles. The van der Waals surface area contributed by atoms with Crippen molar-refractivity contribution in [3.05, 3.63) is 95.1 Å². The number of ether oxygens (including phenoxy) is 1. The highest BCUT2D eigenvalue weighted by atomic mass is 16.5. The van der Waals surface area contributed by atoms with E-state index in [1.165, 1.54) is 11.1 Å². The van der Waals surface area contributed by atoms with Crippen LogP contribution in [0, 0.1) is 0 Å². The van der Waals surface area contributed by atoms with Crippen LogP contribution in [-0.2, 0) is 0 Å². The maximum absolute atomic E-state index is 13.5. The van der Waals surface area contributed by atoms with Gasteiger partial charge in [-0.3, -0.25) is 4.79 Å². The summed E-state index contributed by atoms with van der Waals surface area (Å²) in [7, 11) is 0. The molecule has 5 nitrogen and oxygen atoms in total. The summed E-state index contributed by atoms with van der Waals surface area (Å²) in [5.41, 5.74) is 1.44. The molecule has 1 saturated carbocycles. The van der Waals surface area contributed by atoms with E-state index in [-0.39, 0.29) is 11.5 Å². The molecule has 0 unspecified atom stereocenters. The van der Waals surface area contributed by atoms with Crippen molar-refractivity contribution >= 4 is 27.9 Å². The Bertz CT molecular complexity index is 1400. The Hall–Kier alpha value is -3.73. The van der Waals surface area contributed by atoms with E-state index in [0.717, 1.165) is 53.4 Å². The zero-order chi connectivity index (χ0) is 22.6. The fourth-order valence-corrected chi connectivity index (χ4v) is 4.68. The molecule has 0 radical (unpaired) electrons. The fourth-order valence-electron chi connectivity index (χ4n) is 4.68. The van der Waals surface area contributed by atoms with E-state index in [9.17, 15) is 4.79 Å². The molecule has 1 aliphatic carbocycles. The summed E-state index contributed by atoms with van der Waals surface area (Å²) < 4.78 is 7.43. The van der Waals surface area contributed by atoms with E-state index in [1.54, 1.807) is 12.3 Å². The van der Waals surface area contributed by atoms with Gasteiger partial charge < -0.3 is 4.74 Å². The quantitative estimate of drug-likeness (QED) is 0.273. The minimum absolute atomic E-state index is 0.133. The molecule has 4 aromatic rings. The van der Waals surface area contributed by atoms with Crippen LogP contribution in [0.3, 0.4) is 0 Å². The molecule has 1 aromatic heterocycles. The molecule has 3 aromatic carbocycles. The Labute approximate surface area is 193 Å². The topological polar surface area (TPSA) is 56.5 Å². The first kappa shape index (κ1) is 21.1. The van der Waals surface area contributed by atoms with Crippen molar-refractivity contribution < 1.29 is 4.74 Å². The van der Waals surface area contributed by atoms with Crippen LogP contribution in [0.4, 0.5) is 0 Å². The molecule has 1 fully saturated rings. The smallest absolute Gasteiger partial charge is 0.282 e. The summed E-state index contributed by atoms with van der Waals surface area (Å²) in [5, 5.41) is 7.41. The number of hydrogen-bond donors (Lipinski definition) is 0. The Kier molecular flexibility index (Phi) is 6.03. The second kappa shape index (κ2) is 9.41. The van der Waals surface area contributed by atoms with Gasteiger partial charge in [0.1, 0.15) is 18.2 Å². The Morgan fingerprint density at radius 2 is 1.76 bits per heavy atom. The van der Waals surface area contributed by atoms with E-state index in [1.807, 2.05) is 54.6 Å². The van der Waals surface area contributed by atoms with E-state index >= 15 is 0 Å². The SMILES string of the molecule is C=CCOc1ccc2ccccc2c1C=Nn1c(C2CCCCC2)nc2ccccc2c1=O. The van der Waals surface area contributed by atoms with Crippen LogP contribution in [-0.4, -0.2) is 22.5 Å². The molecule has 1 aliphatic rings. The Morgan fingerprint density at radius 3 is 2.58 bits per heavy atom. The molecule has 0 N–H and O–H groups in total. The van der Waals surface area contributed by atoms with Crippen LogP contribution in [0.2, 0.25) is 0 Å². The maximum Gasteiger partial charge on any atom is 0.282 e. The second-order valence-corrected chi connectivity index (χ2v) is 8.48.